The van der Waals surface area contributed by atoms with Crippen molar-refractivity contribution >= 4 is 64.1 Å². The monoisotopic (exact) mass is 1060 g/mol. The Balaban J connectivity index is 0.832. The average molecular weight is 1060 g/mol. The molecule has 0 bridgehead atoms. The van der Waals surface area contributed by atoms with Gasteiger partial charge < -0.3 is 50.6 Å². The van der Waals surface area contributed by atoms with Gasteiger partial charge >= 0.3 is 5.97 Å². The summed E-state index contributed by atoms with van der Waals surface area (Å²) in [5.41, 5.74) is 1.93. The second-order valence-corrected chi connectivity index (χ2v) is 19.4. The highest BCUT2D eigenvalue weighted by Crippen LogP contribution is 2.47. The molecule has 22 nitrogen and oxygen atoms in total. The van der Waals surface area contributed by atoms with Gasteiger partial charge in [-0.1, -0.05) is 43.7 Å². The van der Waals surface area contributed by atoms with Gasteiger partial charge in [-0.25, -0.2) is 14.2 Å². The summed E-state index contributed by atoms with van der Waals surface area (Å²) >= 11 is 0. The maximum Gasteiger partial charge on any atom is 0.343 e. The topological polar surface area (TPSA) is 294 Å². The molecule has 2 aromatic carbocycles. The molecule has 1 aliphatic carbocycles. The van der Waals surface area contributed by atoms with Crippen molar-refractivity contribution in [3.05, 3.63) is 110 Å². The first kappa shape index (κ1) is 55.1. The van der Waals surface area contributed by atoms with Gasteiger partial charge in [0.15, 0.2) is 5.60 Å². The zero-order valence-corrected chi connectivity index (χ0v) is 43.0. The van der Waals surface area contributed by atoms with Gasteiger partial charge in [-0.05, 0) is 74.3 Å². The lowest BCUT2D eigenvalue weighted by Crippen LogP contribution is -2.52. The third kappa shape index (κ3) is 11.6. The van der Waals surface area contributed by atoms with Gasteiger partial charge in [-0.2, -0.15) is 0 Å². The van der Waals surface area contributed by atoms with Crippen molar-refractivity contribution < 1.29 is 62.1 Å². The number of nitrogens with zero attached hydrogens (tertiary/aromatic N) is 4. The van der Waals surface area contributed by atoms with E-state index >= 15 is 4.39 Å². The molecule has 0 radical (unpaired) electrons. The SMILES string of the molecule is CC[C@@]1(O)C(=O)OCc2c1cc1n(c2=O)Cc2c-1nc1cc(F)c(C)c3c1c2[C@@H](N(C)C(=O)[C@H](C)OCNC(=O)CNC(=O)[C@H](Cc1ccccc1)NC(=O)CNC(=O)CNC(=O)CCCCCN1C(=O)C=CC1=O)CC3. The minimum Gasteiger partial charge on any atom is -0.458 e. The number of pyridine rings is 2. The molecule has 4 aliphatic rings. The van der Waals surface area contributed by atoms with Crippen LogP contribution in [0.2, 0.25) is 0 Å². The summed E-state index contributed by atoms with van der Waals surface area (Å²) < 4.78 is 28.0. The van der Waals surface area contributed by atoms with E-state index in [-0.39, 0.29) is 61.9 Å². The van der Waals surface area contributed by atoms with Crippen LogP contribution in [0.1, 0.15) is 97.4 Å². The largest absolute Gasteiger partial charge is 0.458 e. The quantitative estimate of drug-likeness (QED) is 0.0244. The predicted octanol–water partition coefficient (Wildman–Crippen LogP) is 1.01. The summed E-state index contributed by atoms with van der Waals surface area (Å²) in [7, 11) is 1.61. The van der Waals surface area contributed by atoms with Crippen LogP contribution < -0.4 is 32.1 Å². The van der Waals surface area contributed by atoms with Crippen molar-refractivity contribution in [3.63, 3.8) is 0 Å². The number of carbonyl (C=O) groups excluding carboxylic acids is 9. The Hall–Kier alpha value is -8.18. The number of ether oxygens (including phenoxy) is 2. The zero-order chi connectivity index (χ0) is 55.3. The molecule has 6 N–H and O–H groups in total. The third-order valence-electron chi connectivity index (χ3n) is 14.5. The summed E-state index contributed by atoms with van der Waals surface area (Å²) in [6.07, 6.45) is 3.74. The van der Waals surface area contributed by atoms with Crippen LogP contribution >= 0.6 is 0 Å². The Morgan fingerprint density at radius 3 is 2.31 bits per heavy atom. The van der Waals surface area contributed by atoms with Gasteiger partial charge in [0.25, 0.3) is 23.3 Å². The lowest BCUT2D eigenvalue weighted by Gasteiger charge is -2.36. The van der Waals surface area contributed by atoms with E-state index in [0.717, 1.165) is 10.5 Å². The Morgan fingerprint density at radius 2 is 1.58 bits per heavy atom. The maximum atomic E-state index is 15.5. The highest BCUT2D eigenvalue weighted by molar-refractivity contribution is 6.12. The van der Waals surface area contributed by atoms with Gasteiger partial charge in [0.2, 0.25) is 29.5 Å². The molecule has 23 heteroatoms. The minimum absolute atomic E-state index is 0.0347. The first-order chi connectivity index (χ1) is 36.8. The molecule has 8 amide bonds. The Morgan fingerprint density at radius 1 is 0.896 bits per heavy atom. The number of amides is 8. The molecule has 4 atom stereocenters. The van der Waals surface area contributed by atoms with E-state index in [9.17, 15) is 53.1 Å². The number of aryl methyl sites for hydroxylation is 1. The number of esters is 1. The lowest BCUT2D eigenvalue weighted by molar-refractivity contribution is -0.172. The number of nitrogens with one attached hydrogen (secondary N) is 5. The summed E-state index contributed by atoms with van der Waals surface area (Å²) in [6, 6.07) is 9.90. The van der Waals surface area contributed by atoms with Crippen LogP contribution in [0, 0.1) is 12.7 Å². The molecule has 0 unspecified atom stereocenters. The number of likely N-dealkylation sites (N-methyl/N-ethyl adjacent to an activating group) is 1. The van der Waals surface area contributed by atoms with E-state index in [1.165, 1.54) is 34.6 Å². The third-order valence-corrected chi connectivity index (χ3v) is 14.5. The number of hydrogen-bond donors (Lipinski definition) is 6. The number of carbonyl (C=O) groups is 9. The van der Waals surface area contributed by atoms with Crippen molar-refractivity contribution in [3.8, 4) is 11.4 Å². The summed E-state index contributed by atoms with van der Waals surface area (Å²) in [5.74, 6) is -5.69. The molecule has 0 saturated heterocycles. The molecule has 4 aromatic rings. The first-order valence-corrected chi connectivity index (χ1v) is 25.5. The van der Waals surface area contributed by atoms with Crippen molar-refractivity contribution in [1.29, 1.82) is 0 Å². The molecule has 0 fully saturated rings. The van der Waals surface area contributed by atoms with E-state index in [0.29, 0.717) is 76.6 Å². The van der Waals surface area contributed by atoms with Crippen LogP contribution in [0.25, 0.3) is 22.3 Å². The zero-order valence-electron chi connectivity index (χ0n) is 43.0. The number of aliphatic hydroxyl groups is 1. The minimum atomic E-state index is -2.06. The second-order valence-electron chi connectivity index (χ2n) is 19.4. The highest BCUT2D eigenvalue weighted by Gasteiger charge is 2.46. The van der Waals surface area contributed by atoms with E-state index in [2.05, 4.69) is 26.6 Å². The van der Waals surface area contributed by atoms with Crippen molar-refractivity contribution in [2.75, 3.05) is 40.0 Å². The van der Waals surface area contributed by atoms with Crippen molar-refractivity contribution in [2.24, 2.45) is 0 Å². The number of aromatic nitrogens is 2. The number of halogens is 1. The smallest absolute Gasteiger partial charge is 0.343 e. The molecule has 3 aliphatic heterocycles. The Labute approximate surface area is 441 Å². The number of fused-ring (bicyclic) bond motifs is 5. The van der Waals surface area contributed by atoms with Crippen LogP contribution in [0.15, 0.2) is 59.4 Å². The van der Waals surface area contributed by atoms with E-state index in [4.69, 9.17) is 14.5 Å². The lowest BCUT2D eigenvalue weighted by atomic mass is 9.81. The maximum absolute atomic E-state index is 15.5. The van der Waals surface area contributed by atoms with Gasteiger partial charge in [-0.15, -0.1) is 0 Å². The highest BCUT2D eigenvalue weighted by atomic mass is 19.1. The van der Waals surface area contributed by atoms with Gasteiger partial charge in [-0.3, -0.25) is 48.1 Å². The van der Waals surface area contributed by atoms with Crippen LogP contribution in [0.5, 0.6) is 0 Å². The Kier molecular flexibility index (Phi) is 16.7. The van der Waals surface area contributed by atoms with Crippen molar-refractivity contribution in [2.45, 2.75) is 109 Å². The summed E-state index contributed by atoms with van der Waals surface area (Å²) in [5, 5.41) is 24.5. The van der Waals surface area contributed by atoms with E-state index < -0.39 is 103 Å². The van der Waals surface area contributed by atoms with Gasteiger partial charge in [0.05, 0.1) is 54.7 Å². The fourth-order valence-corrected chi connectivity index (χ4v) is 10.2. The van der Waals surface area contributed by atoms with E-state index in [1.54, 1.807) is 57.3 Å². The van der Waals surface area contributed by atoms with Crippen LogP contribution in [-0.2, 0) is 84.2 Å². The number of rotatable bonds is 22. The average Bonchev–Trinajstić information content (AvgIpc) is 4.23. The molecular formula is C54H60FN9O13. The van der Waals surface area contributed by atoms with Crippen LogP contribution in [-0.4, -0.2) is 130 Å². The number of hydrogen-bond acceptors (Lipinski definition) is 14. The molecule has 5 heterocycles. The van der Waals surface area contributed by atoms with Gasteiger partial charge in [0, 0.05) is 61.2 Å². The first-order valence-electron chi connectivity index (χ1n) is 25.5. The standard InChI is InChI=1S/C54H60FN9O13/c1-5-54(75)35-21-40-49-33(26-64(40)52(73)34(35)27-76-53(54)74)48-39(16-15-32-29(2)36(55)22-37(61-49)47(32)48)62(4)51(72)30(3)77-28-59-43(67)24-58-50(71)38(20-31-12-8-6-9-13-31)60-44(68)25-57-42(66)23-56-41(65)14-10-7-11-19-63-45(69)17-18-46(63)70/h6,8-9,12-13,17-18,21-22,30,38-39,75H,5,7,10-11,14-16,19-20,23-28H2,1-4H3,(H,56,65)(H,57,66)(H,58,71)(H,59,67)(H,60,68)/t30-,38-,39-,54-/m0/s1. The van der Waals surface area contributed by atoms with Crippen LogP contribution in [0.4, 0.5) is 4.39 Å². The molecular weight excluding hydrogens is 1000 g/mol. The van der Waals surface area contributed by atoms with Crippen LogP contribution in [0.3, 0.4) is 0 Å². The molecule has 0 saturated carbocycles. The summed E-state index contributed by atoms with van der Waals surface area (Å²) in [4.78, 5) is 136. The molecule has 77 heavy (non-hydrogen) atoms. The molecule has 0 spiro atoms. The molecule has 406 valence electrons. The second kappa shape index (κ2) is 23.4. The summed E-state index contributed by atoms with van der Waals surface area (Å²) in [6.45, 7) is 2.89. The van der Waals surface area contributed by atoms with Gasteiger partial charge in [0.1, 0.15) is 31.3 Å². The number of cyclic esters (lactones) is 1. The number of benzene rings is 2. The Bertz CT molecular complexity index is 3160. The fourth-order valence-electron chi connectivity index (χ4n) is 10.2. The molecule has 2 aromatic heterocycles. The number of unbranched alkanes of at least 4 members (excludes halogenated alkanes) is 2. The predicted molar refractivity (Wildman–Crippen MR) is 272 cm³/mol. The fraction of sp³-hybridized carbons (Fsp3) is 0.426. The van der Waals surface area contributed by atoms with E-state index in [1.807, 2.05) is 0 Å². The molecule has 8 rings (SSSR count). The van der Waals surface area contributed by atoms with Crippen molar-refractivity contribution in [1.82, 2.24) is 45.9 Å². The number of imide groups is 1. The normalized spacial score (nSPS) is 17.7.